The van der Waals surface area contributed by atoms with Crippen LogP contribution < -0.4 is 0 Å². The summed E-state index contributed by atoms with van der Waals surface area (Å²) in [5.41, 5.74) is 0. The Balaban J connectivity index is 3.78. The number of hydrogen-bond acceptors (Lipinski definition) is 3. The molecule has 0 aromatic heterocycles. The van der Waals surface area contributed by atoms with Gasteiger partial charge in [0.05, 0.1) is 5.92 Å². The van der Waals surface area contributed by atoms with Gasteiger partial charge >= 0.3 is 5.97 Å². The van der Waals surface area contributed by atoms with Gasteiger partial charge in [-0.25, -0.2) is 4.79 Å². The van der Waals surface area contributed by atoms with Gasteiger partial charge in [0.15, 0.2) is 0 Å². The average molecular weight is 371 g/mol. The number of carbonyl (C=O) groups is 1. The van der Waals surface area contributed by atoms with Gasteiger partial charge in [0.1, 0.15) is 0 Å². The third kappa shape index (κ3) is 12.7. The molecule has 0 saturated heterocycles. The van der Waals surface area contributed by atoms with Gasteiger partial charge in [-0.1, -0.05) is 105 Å². The second kappa shape index (κ2) is 17.8. The second-order valence-corrected chi connectivity index (χ2v) is 8.21. The van der Waals surface area contributed by atoms with E-state index < -0.39 is 5.97 Å². The molecule has 3 nitrogen and oxygen atoms in total. The molecule has 3 unspecified atom stereocenters. The summed E-state index contributed by atoms with van der Waals surface area (Å²) >= 11 is 0. The Bertz CT molecular complexity index is 317. The van der Waals surface area contributed by atoms with Crippen LogP contribution >= 0.6 is 0 Å². The SMILES string of the molecule is CCCCCCCCCCCCC(CC)C(C)CCC(CC)C(=O)OO. The molecule has 0 aromatic rings. The summed E-state index contributed by atoms with van der Waals surface area (Å²) in [6.07, 6.45) is 19.1. The molecule has 0 saturated carbocycles. The zero-order valence-corrected chi connectivity index (χ0v) is 18.1. The quantitative estimate of drug-likeness (QED) is 0.152. The van der Waals surface area contributed by atoms with Crippen LogP contribution in [0.25, 0.3) is 0 Å². The van der Waals surface area contributed by atoms with Crippen LogP contribution in [0.5, 0.6) is 0 Å². The van der Waals surface area contributed by atoms with E-state index in [1.807, 2.05) is 6.92 Å². The maximum Gasteiger partial charge on any atom is 0.345 e. The highest BCUT2D eigenvalue weighted by Gasteiger charge is 2.21. The molecule has 0 aliphatic carbocycles. The first kappa shape index (κ1) is 25.4. The van der Waals surface area contributed by atoms with Crippen LogP contribution in [0.15, 0.2) is 0 Å². The van der Waals surface area contributed by atoms with Gasteiger partial charge in [-0.2, -0.15) is 5.26 Å². The first-order chi connectivity index (χ1) is 12.6. The molecule has 0 heterocycles. The van der Waals surface area contributed by atoms with Crippen LogP contribution in [-0.4, -0.2) is 11.2 Å². The van der Waals surface area contributed by atoms with Gasteiger partial charge in [-0.05, 0) is 31.1 Å². The first-order valence-electron chi connectivity index (χ1n) is 11.5. The van der Waals surface area contributed by atoms with E-state index in [9.17, 15) is 4.79 Å². The Morgan fingerprint density at radius 1 is 0.769 bits per heavy atom. The molecule has 0 rings (SSSR count). The highest BCUT2D eigenvalue weighted by Crippen LogP contribution is 2.28. The van der Waals surface area contributed by atoms with Crippen molar-refractivity contribution in [3.05, 3.63) is 0 Å². The zero-order chi connectivity index (χ0) is 19.6. The fourth-order valence-corrected chi connectivity index (χ4v) is 4.05. The highest BCUT2D eigenvalue weighted by molar-refractivity contribution is 5.71. The minimum absolute atomic E-state index is 0.155. The lowest BCUT2D eigenvalue weighted by Gasteiger charge is -2.24. The Morgan fingerprint density at radius 3 is 1.77 bits per heavy atom. The fraction of sp³-hybridized carbons (Fsp3) is 0.957. The molecule has 1 N–H and O–H groups in total. The van der Waals surface area contributed by atoms with Crippen molar-refractivity contribution < 1.29 is 14.9 Å². The molecule has 26 heavy (non-hydrogen) atoms. The van der Waals surface area contributed by atoms with Crippen LogP contribution in [0.2, 0.25) is 0 Å². The van der Waals surface area contributed by atoms with Crippen LogP contribution in [0.3, 0.4) is 0 Å². The normalized spacial score (nSPS) is 14.8. The summed E-state index contributed by atoms with van der Waals surface area (Å²) in [6.45, 7) is 8.86. The van der Waals surface area contributed by atoms with Gasteiger partial charge < -0.3 is 4.89 Å². The summed E-state index contributed by atoms with van der Waals surface area (Å²) < 4.78 is 0. The minimum atomic E-state index is -0.470. The lowest BCUT2D eigenvalue weighted by molar-refractivity contribution is -0.239. The second-order valence-electron chi connectivity index (χ2n) is 8.21. The number of rotatable bonds is 18. The van der Waals surface area contributed by atoms with Crippen molar-refractivity contribution in [2.24, 2.45) is 17.8 Å². The van der Waals surface area contributed by atoms with Crippen molar-refractivity contribution in [3.63, 3.8) is 0 Å². The molecule has 0 radical (unpaired) electrons. The smallest absolute Gasteiger partial charge is 0.301 e. The van der Waals surface area contributed by atoms with Gasteiger partial charge in [-0.3, -0.25) is 0 Å². The average Bonchev–Trinajstić information content (AvgIpc) is 2.66. The summed E-state index contributed by atoms with van der Waals surface area (Å²) in [4.78, 5) is 15.4. The topological polar surface area (TPSA) is 46.5 Å². The monoisotopic (exact) mass is 370 g/mol. The van der Waals surface area contributed by atoms with E-state index in [2.05, 4.69) is 25.7 Å². The van der Waals surface area contributed by atoms with E-state index in [-0.39, 0.29) is 5.92 Å². The third-order valence-electron chi connectivity index (χ3n) is 6.14. The number of carbonyl (C=O) groups excluding carboxylic acids is 1. The Hall–Kier alpha value is -0.570. The predicted molar refractivity (Wildman–Crippen MR) is 111 cm³/mol. The van der Waals surface area contributed by atoms with E-state index >= 15 is 0 Å². The van der Waals surface area contributed by atoms with Crippen LogP contribution in [0.4, 0.5) is 0 Å². The molecule has 0 fully saturated rings. The van der Waals surface area contributed by atoms with Crippen molar-refractivity contribution in [1.82, 2.24) is 0 Å². The van der Waals surface area contributed by atoms with Crippen LogP contribution in [0.1, 0.15) is 124 Å². The lowest BCUT2D eigenvalue weighted by Crippen LogP contribution is -2.18. The number of unbranched alkanes of at least 4 members (excludes halogenated alkanes) is 9. The van der Waals surface area contributed by atoms with Crippen LogP contribution in [-0.2, 0) is 9.68 Å². The van der Waals surface area contributed by atoms with Crippen molar-refractivity contribution >= 4 is 5.97 Å². The molecule has 3 atom stereocenters. The Kier molecular flexibility index (Phi) is 17.4. The summed E-state index contributed by atoms with van der Waals surface area (Å²) in [7, 11) is 0. The molecular weight excluding hydrogens is 324 g/mol. The molecule has 0 aliphatic rings. The highest BCUT2D eigenvalue weighted by atomic mass is 17.1. The van der Waals surface area contributed by atoms with E-state index in [0.29, 0.717) is 5.92 Å². The molecule has 0 amide bonds. The molecule has 0 bridgehead atoms. The van der Waals surface area contributed by atoms with Gasteiger partial charge in [0.25, 0.3) is 0 Å². The Morgan fingerprint density at radius 2 is 1.31 bits per heavy atom. The molecule has 0 aromatic carbocycles. The summed E-state index contributed by atoms with van der Waals surface area (Å²) in [6, 6.07) is 0. The maximum absolute atomic E-state index is 11.5. The zero-order valence-electron chi connectivity index (χ0n) is 18.1. The lowest BCUT2D eigenvalue weighted by atomic mass is 9.82. The van der Waals surface area contributed by atoms with Crippen molar-refractivity contribution in [2.45, 2.75) is 124 Å². The van der Waals surface area contributed by atoms with E-state index in [1.54, 1.807) is 0 Å². The minimum Gasteiger partial charge on any atom is -0.301 e. The molecule has 0 spiro atoms. The molecule has 3 heteroatoms. The molecule has 0 aliphatic heterocycles. The fourth-order valence-electron chi connectivity index (χ4n) is 4.05. The van der Waals surface area contributed by atoms with Crippen molar-refractivity contribution in [2.75, 3.05) is 0 Å². The van der Waals surface area contributed by atoms with E-state index in [0.717, 1.165) is 25.2 Å². The Labute approximate surface area is 163 Å². The maximum atomic E-state index is 11.5. The van der Waals surface area contributed by atoms with Crippen molar-refractivity contribution in [3.8, 4) is 0 Å². The standard InChI is InChI=1S/C23H46O3/c1-5-8-9-10-11-12-13-14-15-16-17-21(6-2)20(4)18-19-22(7-3)23(24)26-25/h20-22,25H,5-19H2,1-4H3. The van der Waals surface area contributed by atoms with E-state index in [4.69, 9.17) is 5.26 Å². The van der Waals surface area contributed by atoms with Gasteiger partial charge in [0.2, 0.25) is 0 Å². The van der Waals surface area contributed by atoms with E-state index in [1.165, 1.54) is 77.0 Å². The van der Waals surface area contributed by atoms with Crippen LogP contribution in [0, 0.1) is 17.8 Å². The molecule has 156 valence electrons. The summed E-state index contributed by atoms with van der Waals surface area (Å²) in [5.74, 6) is 0.769. The number of hydrogen-bond donors (Lipinski definition) is 1. The summed E-state index contributed by atoms with van der Waals surface area (Å²) in [5, 5.41) is 8.57. The first-order valence-corrected chi connectivity index (χ1v) is 11.5. The predicted octanol–water partition coefficient (Wildman–Crippen LogP) is 7.78. The molecular formula is C23H46O3. The third-order valence-corrected chi connectivity index (χ3v) is 6.14. The van der Waals surface area contributed by atoms with Gasteiger partial charge in [0, 0.05) is 0 Å². The van der Waals surface area contributed by atoms with Gasteiger partial charge in [-0.15, -0.1) is 0 Å². The largest absolute Gasteiger partial charge is 0.345 e. The van der Waals surface area contributed by atoms with Crippen molar-refractivity contribution in [1.29, 1.82) is 0 Å².